The van der Waals surface area contributed by atoms with Gasteiger partial charge in [0.25, 0.3) is 0 Å². The number of rotatable bonds is 5. The van der Waals surface area contributed by atoms with Crippen molar-refractivity contribution in [3.8, 4) is 5.75 Å². The van der Waals surface area contributed by atoms with E-state index in [1.54, 1.807) is 13.0 Å². The molecule has 86 valence electrons. The number of ether oxygens (including phenoxy) is 1. The molecule has 2 N–H and O–H groups in total. The summed E-state index contributed by atoms with van der Waals surface area (Å²) in [5.74, 6) is -1.73. The standard InChI is InChI=1S/C11H12FNO3/c1-7(6-9(13)11(14)15)16-10-5-3-2-4-8(10)12/h2-5,7,13H,6H2,1H3,(H,14,15)/t7-/m0/s1. The summed E-state index contributed by atoms with van der Waals surface area (Å²) in [6.45, 7) is 1.59. The van der Waals surface area contributed by atoms with Gasteiger partial charge >= 0.3 is 5.97 Å². The molecule has 16 heavy (non-hydrogen) atoms. The lowest BCUT2D eigenvalue weighted by Gasteiger charge is -2.14. The molecular weight excluding hydrogens is 213 g/mol. The zero-order valence-corrected chi connectivity index (χ0v) is 8.74. The fraction of sp³-hybridized carbons (Fsp3) is 0.273. The number of para-hydroxylation sites is 1. The first kappa shape index (κ1) is 12.2. The number of hydrogen-bond acceptors (Lipinski definition) is 3. The Bertz CT molecular complexity index is 406. The molecule has 0 radical (unpaired) electrons. The summed E-state index contributed by atoms with van der Waals surface area (Å²) < 4.78 is 18.3. The second kappa shape index (κ2) is 5.25. The molecule has 4 nitrogen and oxygen atoms in total. The van der Waals surface area contributed by atoms with Crippen LogP contribution in [0.1, 0.15) is 13.3 Å². The van der Waals surface area contributed by atoms with Crippen molar-refractivity contribution in [1.82, 2.24) is 0 Å². The van der Waals surface area contributed by atoms with Crippen LogP contribution in [-0.2, 0) is 4.79 Å². The average molecular weight is 225 g/mol. The lowest BCUT2D eigenvalue weighted by atomic mass is 10.2. The largest absolute Gasteiger partial charge is 0.487 e. The molecule has 1 aromatic rings. The molecule has 0 aliphatic carbocycles. The van der Waals surface area contributed by atoms with Gasteiger partial charge in [0, 0.05) is 6.42 Å². The third-order valence-corrected chi connectivity index (χ3v) is 1.91. The van der Waals surface area contributed by atoms with Gasteiger partial charge < -0.3 is 9.84 Å². The van der Waals surface area contributed by atoms with E-state index in [-0.39, 0.29) is 12.2 Å². The predicted molar refractivity (Wildman–Crippen MR) is 56.5 cm³/mol. The molecule has 1 rings (SSSR count). The van der Waals surface area contributed by atoms with Crippen LogP contribution in [0, 0.1) is 11.2 Å². The molecule has 0 aliphatic rings. The number of aliphatic carboxylic acids is 1. The fourth-order valence-corrected chi connectivity index (χ4v) is 1.17. The summed E-state index contributed by atoms with van der Waals surface area (Å²) in [6.07, 6.45) is -0.621. The van der Waals surface area contributed by atoms with Crippen molar-refractivity contribution in [2.75, 3.05) is 0 Å². The highest BCUT2D eigenvalue weighted by Crippen LogP contribution is 2.17. The van der Waals surface area contributed by atoms with E-state index in [4.69, 9.17) is 15.3 Å². The van der Waals surface area contributed by atoms with Crippen LogP contribution in [0.25, 0.3) is 0 Å². The van der Waals surface area contributed by atoms with E-state index in [0.717, 1.165) is 0 Å². The van der Waals surface area contributed by atoms with Gasteiger partial charge in [0.05, 0.1) is 0 Å². The molecule has 0 aromatic heterocycles. The number of benzene rings is 1. The van der Waals surface area contributed by atoms with Crippen molar-refractivity contribution in [2.24, 2.45) is 0 Å². The Kier molecular flexibility index (Phi) is 3.99. The third-order valence-electron chi connectivity index (χ3n) is 1.91. The predicted octanol–water partition coefficient (Wildman–Crippen LogP) is 2.09. The summed E-state index contributed by atoms with van der Waals surface area (Å²) >= 11 is 0. The zero-order valence-electron chi connectivity index (χ0n) is 8.74. The maximum Gasteiger partial charge on any atom is 0.349 e. The highest BCUT2D eigenvalue weighted by Gasteiger charge is 2.14. The molecule has 0 spiro atoms. The highest BCUT2D eigenvalue weighted by atomic mass is 19.1. The minimum atomic E-state index is -1.29. The Morgan fingerprint density at radius 3 is 2.75 bits per heavy atom. The molecular formula is C11H12FNO3. The maximum absolute atomic E-state index is 13.2. The number of carbonyl (C=O) groups is 1. The highest BCUT2D eigenvalue weighted by molar-refractivity contribution is 6.34. The van der Waals surface area contributed by atoms with Crippen LogP contribution in [0.4, 0.5) is 4.39 Å². The average Bonchev–Trinajstić information content (AvgIpc) is 2.21. The summed E-state index contributed by atoms with van der Waals surface area (Å²) in [4.78, 5) is 10.4. The summed E-state index contributed by atoms with van der Waals surface area (Å²) in [7, 11) is 0. The van der Waals surface area contributed by atoms with Crippen molar-refractivity contribution in [2.45, 2.75) is 19.4 Å². The molecule has 0 fully saturated rings. The molecule has 1 aromatic carbocycles. The molecule has 1 atom stereocenters. The molecule has 0 bridgehead atoms. The van der Waals surface area contributed by atoms with Gasteiger partial charge in [-0.05, 0) is 19.1 Å². The van der Waals surface area contributed by atoms with Crippen molar-refractivity contribution in [3.05, 3.63) is 30.1 Å². The van der Waals surface area contributed by atoms with Crippen molar-refractivity contribution < 1.29 is 19.0 Å². The van der Waals surface area contributed by atoms with Crippen LogP contribution in [0.2, 0.25) is 0 Å². The fourth-order valence-electron chi connectivity index (χ4n) is 1.17. The number of halogens is 1. The third kappa shape index (κ3) is 3.34. The Hall–Kier alpha value is -1.91. The second-order valence-electron chi connectivity index (χ2n) is 3.35. The quantitative estimate of drug-likeness (QED) is 0.754. The van der Waals surface area contributed by atoms with Crippen molar-refractivity contribution in [1.29, 1.82) is 5.41 Å². The van der Waals surface area contributed by atoms with Gasteiger partial charge in [-0.2, -0.15) is 0 Å². The van der Waals surface area contributed by atoms with Gasteiger partial charge in [0.1, 0.15) is 11.8 Å². The summed E-state index contributed by atoms with van der Waals surface area (Å²) in [5, 5.41) is 15.6. The van der Waals surface area contributed by atoms with Crippen LogP contribution < -0.4 is 4.74 Å². The van der Waals surface area contributed by atoms with Gasteiger partial charge in [-0.3, -0.25) is 5.41 Å². The smallest absolute Gasteiger partial charge is 0.349 e. The zero-order chi connectivity index (χ0) is 12.1. The number of carboxylic acid groups (broad SMARTS) is 1. The monoisotopic (exact) mass is 225 g/mol. The lowest BCUT2D eigenvalue weighted by molar-refractivity contribution is -0.129. The minimum absolute atomic E-state index is 0.0631. The minimum Gasteiger partial charge on any atom is -0.487 e. The van der Waals surface area contributed by atoms with Crippen molar-refractivity contribution in [3.63, 3.8) is 0 Å². The molecule has 0 unspecified atom stereocenters. The van der Waals surface area contributed by atoms with Gasteiger partial charge in [0.2, 0.25) is 0 Å². The SMILES string of the molecule is C[C@@H](CC(=N)C(=O)O)Oc1ccccc1F. The van der Waals surface area contributed by atoms with Crippen LogP contribution in [-0.4, -0.2) is 22.9 Å². The van der Waals surface area contributed by atoms with E-state index < -0.39 is 23.6 Å². The van der Waals surface area contributed by atoms with Crippen LogP contribution in [0.15, 0.2) is 24.3 Å². The lowest BCUT2D eigenvalue weighted by Crippen LogP contribution is -2.22. The van der Waals surface area contributed by atoms with E-state index in [1.807, 2.05) is 0 Å². The van der Waals surface area contributed by atoms with E-state index in [2.05, 4.69) is 0 Å². The van der Waals surface area contributed by atoms with E-state index in [0.29, 0.717) is 0 Å². The first-order valence-corrected chi connectivity index (χ1v) is 4.72. The topological polar surface area (TPSA) is 70.4 Å². The van der Waals surface area contributed by atoms with Gasteiger partial charge in [0.15, 0.2) is 11.6 Å². The normalized spacial score (nSPS) is 11.9. The van der Waals surface area contributed by atoms with Crippen LogP contribution in [0.3, 0.4) is 0 Å². The molecule has 0 heterocycles. The first-order chi connectivity index (χ1) is 7.50. The number of hydrogen-bond donors (Lipinski definition) is 2. The van der Waals surface area contributed by atoms with Gasteiger partial charge in [-0.15, -0.1) is 0 Å². The second-order valence-corrected chi connectivity index (χ2v) is 3.35. The van der Waals surface area contributed by atoms with Crippen molar-refractivity contribution >= 4 is 11.7 Å². The molecule has 0 saturated carbocycles. The van der Waals surface area contributed by atoms with E-state index in [1.165, 1.54) is 18.2 Å². The van der Waals surface area contributed by atoms with Crippen LogP contribution in [0.5, 0.6) is 5.75 Å². The summed E-state index contributed by atoms with van der Waals surface area (Å²) in [6, 6.07) is 5.86. The first-order valence-electron chi connectivity index (χ1n) is 4.72. The number of nitrogens with one attached hydrogen (secondary N) is 1. The van der Waals surface area contributed by atoms with E-state index in [9.17, 15) is 9.18 Å². The van der Waals surface area contributed by atoms with Crippen LogP contribution >= 0.6 is 0 Å². The molecule has 0 amide bonds. The molecule has 0 aliphatic heterocycles. The Labute approximate surface area is 92.2 Å². The van der Waals surface area contributed by atoms with Gasteiger partial charge in [-0.25, -0.2) is 9.18 Å². The number of carboxylic acids is 1. The summed E-state index contributed by atoms with van der Waals surface area (Å²) in [5.41, 5.74) is -0.455. The molecule has 0 saturated heterocycles. The van der Waals surface area contributed by atoms with E-state index >= 15 is 0 Å². The molecule has 5 heteroatoms. The van der Waals surface area contributed by atoms with Gasteiger partial charge in [-0.1, -0.05) is 12.1 Å². The maximum atomic E-state index is 13.2. The Morgan fingerprint density at radius 2 is 2.19 bits per heavy atom. The Balaban J connectivity index is 2.58. The Morgan fingerprint density at radius 1 is 1.56 bits per heavy atom.